The van der Waals surface area contributed by atoms with E-state index in [4.69, 9.17) is 14.2 Å². The molecule has 0 fully saturated rings. The van der Waals surface area contributed by atoms with Crippen LogP contribution in [0.4, 0.5) is 8.78 Å². The van der Waals surface area contributed by atoms with Crippen LogP contribution in [0.15, 0.2) is 41.3 Å². The van der Waals surface area contributed by atoms with Crippen LogP contribution in [-0.4, -0.2) is 28.4 Å². The topological polar surface area (TPSA) is 73.9 Å². The van der Waals surface area contributed by atoms with Crippen molar-refractivity contribution in [2.75, 3.05) is 19.9 Å². The van der Waals surface area contributed by atoms with Gasteiger partial charge in [-0.25, -0.2) is 17.2 Å². The van der Waals surface area contributed by atoms with Crippen molar-refractivity contribution < 1.29 is 31.4 Å². The Labute approximate surface area is 148 Å². The molecule has 2 aromatic rings. The molecule has 0 saturated carbocycles. The van der Waals surface area contributed by atoms with Crippen LogP contribution in [0.5, 0.6) is 17.2 Å². The molecule has 0 aliphatic carbocycles. The number of rotatable bonds is 5. The van der Waals surface area contributed by atoms with Crippen molar-refractivity contribution in [2.45, 2.75) is 4.90 Å². The van der Waals surface area contributed by atoms with Crippen LogP contribution in [-0.2, 0) is 10.0 Å². The number of hydrogen-bond donors (Lipinski definition) is 1. The second kappa shape index (κ2) is 7.59. The van der Waals surface area contributed by atoms with E-state index in [0.717, 1.165) is 12.1 Å². The first kappa shape index (κ1) is 18.0. The van der Waals surface area contributed by atoms with Crippen LogP contribution in [0, 0.1) is 23.5 Å². The second-order valence-electron chi connectivity index (χ2n) is 5.06. The van der Waals surface area contributed by atoms with Crippen LogP contribution >= 0.6 is 0 Å². The van der Waals surface area contributed by atoms with E-state index in [2.05, 4.69) is 16.6 Å². The van der Waals surface area contributed by atoms with Gasteiger partial charge in [0.15, 0.2) is 11.5 Å². The Morgan fingerprint density at radius 3 is 2.73 bits per heavy atom. The van der Waals surface area contributed by atoms with Gasteiger partial charge in [0, 0.05) is 6.07 Å². The average Bonchev–Trinajstić information content (AvgIpc) is 3.07. The lowest BCUT2D eigenvalue weighted by Gasteiger charge is -2.05. The predicted molar refractivity (Wildman–Crippen MR) is 87.4 cm³/mol. The van der Waals surface area contributed by atoms with Crippen LogP contribution in [0.25, 0.3) is 0 Å². The SMILES string of the molecule is O=S(=O)(NCC#CCOc1ccc2c(c1)OCO2)c1cc(F)ccc1F. The summed E-state index contributed by atoms with van der Waals surface area (Å²) < 4.78 is 68.3. The van der Waals surface area contributed by atoms with E-state index in [1.54, 1.807) is 18.2 Å². The van der Waals surface area contributed by atoms with E-state index in [1.807, 2.05) is 0 Å². The van der Waals surface area contributed by atoms with E-state index in [1.165, 1.54) is 0 Å². The zero-order valence-corrected chi connectivity index (χ0v) is 14.1. The molecule has 9 heteroatoms. The summed E-state index contributed by atoms with van der Waals surface area (Å²) in [6.07, 6.45) is 0. The Hall–Kier alpha value is -2.83. The third kappa shape index (κ3) is 4.22. The summed E-state index contributed by atoms with van der Waals surface area (Å²) in [5, 5.41) is 0. The van der Waals surface area contributed by atoms with Crippen LogP contribution < -0.4 is 18.9 Å². The first-order valence-corrected chi connectivity index (χ1v) is 8.87. The molecule has 0 atom stereocenters. The van der Waals surface area contributed by atoms with Gasteiger partial charge in [-0.15, -0.1) is 0 Å². The van der Waals surface area contributed by atoms with Crippen LogP contribution in [0.1, 0.15) is 0 Å². The maximum absolute atomic E-state index is 13.5. The van der Waals surface area contributed by atoms with E-state index in [-0.39, 0.29) is 19.9 Å². The highest BCUT2D eigenvalue weighted by molar-refractivity contribution is 7.89. The zero-order chi connectivity index (χ0) is 18.6. The molecule has 0 aromatic heterocycles. The van der Waals surface area contributed by atoms with E-state index < -0.39 is 26.6 Å². The maximum atomic E-state index is 13.5. The standard InChI is InChI=1S/C17H13F2NO5S/c18-12-3-5-14(19)17(9-12)26(21,22)20-7-1-2-8-23-13-4-6-15-16(10-13)25-11-24-15/h3-6,9-10,20H,7-8,11H2. The molecule has 0 bridgehead atoms. The predicted octanol–water partition coefficient (Wildman–Crippen LogP) is 2.05. The Bertz CT molecular complexity index is 982. The largest absolute Gasteiger partial charge is 0.481 e. The molecule has 1 aliphatic heterocycles. The molecule has 0 spiro atoms. The van der Waals surface area contributed by atoms with Crippen molar-refractivity contribution in [1.29, 1.82) is 0 Å². The lowest BCUT2D eigenvalue weighted by molar-refractivity contribution is 0.174. The van der Waals surface area contributed by atoms with Crippen molar-refractivity contribution in [1.82, 2.24) is 4.72 Å². The minimum absolute atomic E-state index is 0.00962. The average molecular weight is 381 g/mol. The number of halogens is 2. The highest BCUT2D eigenvalue weighted by Crippen LogP contribution is 2.34. The summed E-state index contributed by atoms with van der Waals surface area (Å²) in [5.41, 5.74) is 0. The van der Waals surface area contributed by atoms with Gasteiger partial charge in [0.2, 0.25) is 16.8 Å². The summed E-state index contributed by atoms with van der Waals surface area (Å²) in [6, 6.07) is 7.22. The summed E-state index contributed by atoms with van der Waals surface area (Å²) in [4.78, 5) is -0.768. The van der Waals surface area contributed by atoms with Crippen molar-refractivity contribution in [3.05, 3.63) is 48.0 Å². The van der Waals surface area contributed by atoms with Gasteiger partial charge < -0.3 is 14.2 Å². The number of fused-ring (bicyclic) bond motifs is 1. The lowest BCUT2D eigenvalue weighted by atomic mass is 10.3. The molecule has 0 unspecified atom stereocenters. The molecule has 1 N–H and O–H groups in total. The normalized spacial score (nSPS) is 12.4. The quantitative estimate of drug-likeness (QED) is 0.803. The van der Waals surface area contributed by atoms with Gasteiger partial charge in [-0.1, -0.05) is 11.8 Å². The van der Waals surface area contributed by atoms with Gasteiger partial charge in [-0.3, -0.25) is 0 Å². The van der Waals surface area contributed by atoms with Gasteiger partial charge in [0.25, 0.3) is 0 Å². The number of sulfonamides is 1. The molecular formula is C17H13F2NO5S. The first-order chi connectivity index (χ1) is 12.5. The van der Waals surface area contributed by atoms with Gasteiger partial charge >= 0.3 is 0 Å². The minimum atomic E-state index is -4.20. The molecule has 0 saturated heterocycles. The molecule has 3 rings (SSSR count). The first-order valence-electron chi connectivity index (χ1n) is 7.38. The number of hydrogen-bond acceptors (Lipinski definition) is 5. The van der Waals surface area contributed by atoms with Crippen molar-refractivity contribution in [3.63, 3.8) is 0 Å². The van der Waals surface area contributed by atoms with Gasteiger partial charge in [-0.05, 0) is 30.3 Å². The van der Waals surface area contributed by atoms with Gasteiger partial charge in [0.1, 0.15) is 28.9 Å². The molecule has 26 heavy (non-hydrogen) atoms. The Morgan fingerprint density at radius 2 is 1.88 bits per heavy atom. The van der Waals surface area contributed by atoms with E-state index >= 15 is 0 Å². The molecule has 136 valence electrons. The summed E-state index contributed by atoms with van der Waals surface area (Å²) in [5.74, 6) is 4.96. The molecule has 1 aliphatic rings. The smallest absolute Gasteiger partial charge is 0.244 e. The fraction of sp³-hybridized carbons (Fsp3) is 0.176. The molecule has 2 aromatic carbocycles. The minimum Gasteiger partial charge on any atom is -0.481 e. The number of nitrogens with one attached hydrogen (secondary N) is 1. The fourth-order valence-electron chi connectivity index (χ4n) is 2.09. The Kier molecular flexibility index (Phi) is 5.25. The fourth-order valence-corrected chi connectivity index (χ4v) is 3.10. The number of ether oxygens (including phenoxy) is 3. The highest BCUT2D eigenvalue weighted by Gasteiger charge is 2.19. The molecule has 0 amide bonds. The summed E-state index contributed by atoms with van der Waals surface area (Å²) in [6.45, 7) is -0.108. The Balaban J connectivity index is 1.51. The third-order valence-corrected chi connectivity index (χ3v) is 4.73. The van der Waals surface area contributed by atoms with E-state index in [9.17, 15) is 17.2 Å². The molecular weight excluding hydrogens is 368 g/mol. The second-order valence-corrected chi connectivity index (χ2v) is 6.79. The van der Waals surface area contributed by atoms with Gasteiger partial charge in [-0.2, -0.15) is 4.72 Å². The monoisotopic (exact) mass is 381 g/mol. The zero-order valence-electron chi connectivity index (χ0n) is 13.3. The van der Waals surface area contributed by atoms with Crippen molar-refractivity contribution in [3.8, 4) is 29.1 Å². The van der Waals surface area contributed by atoms with Crippen molar-refractivity contribution >= 4 is 10.0 Å². The number of benzene rings is 2. The molecule has 1 heterocycles. The maximum Gasteiger partial charge on any atom is 0.244 e. The Morgan fingerprint density at radius 1 is 1.08 bits per heavy atom. The lowest BCUT2D eigenvalue weighted by Crippen LogP contribution is -2.25. The molecule has 0 radical (unpaired) electrons. The third-order valence-electron chi connectivity index (χ3n) is 3.31. The van der Waals surface area contributed by atoms with Crippen LogP contribution in [0.3, 0.4) is 0 Å². The molecule has 6 nitrogen and oxygen atoms in total. The van der Waals surface area contributed by atoms with Crippen molar-refractivity contribution in [2.24, 2.45) is 0 Å². The van der Waals surface area contributed by atoms with Crippen LogP contribution in [0.2, 0.25) is 0 Å². The van der Waals surface area contributed by atoms with E-state index in [0.29, 0.717) is 23.3 Å². The highest BCUT2D eigenvalue weighted by atomic mass is 32.2. The summed E-state index contributed by atoms with van der Waals surface area (Å²) in [7, 11) is -4.20. The summed E-state index contributed by atoms with van der Waals surface area (Å²) >= 11 is 0. The van der Waals surface area contributed by atoms with Gasteiger partial charge in [0.05, 0.1) is 6.54 Å².